The van der Waals surface area contributed by atoms with Gasteiger partial charge in [-0.2, -0.15) is 5.26 Å². The lowest BCUT2D eigenvalue weighted by Gasteiger charge is -2.11. The molecule has 11 aromatic rings. The Bertz CT molecular complexity index is 3510. The van der Waals surface area contributed by atoms with Crippen molar-refractivity contribution in [3.63, 3.8) is 0 Å². The van der Waals surface area contributed by atoms with Crippen molar-refractivity contribution >= 4 is 21.9 Å². The molecule has 0 amide bonds. The van der Waals surface area contributed by atoms with Gasteiger partial charge in [-0.3, -0.25) is 0 Å². The van der Waals surface area contributed by atoms with Gasteiger partial charge in [-0.15, -0.1) is 0 Å². The molecule has 9 aromatic carbocycles. The lowest BCUT2D eigenvalue weighted by Crippen LogP contribution is -2.00. The molecule has 0 N–H and O–H groups in total. The predicted molar refractivity (Wildman–Crippen MR) is 255 cm³/mol. The van der Waals surface area contributed by atoms with E-state index in [0.29, 0.717) is 23.0 Å². The minimum atomic E-state index is 0.524. The smallest absolute Gasteiger partial charge is 0.164 e. The fourth-order valence-corrected chi connectivity index (χ4v) is 8.44. The summed E-state index contributed by atoms with van der Waals surface area (Å²) in [5, 5.41) is 12.0. The number of benzene rings is 9. The Morgan fingerprint density at radius 3 is 1.40 bits per heavy atom. The van der Waals surface area contributed by atoms with E-state index in [9.17, 15) is 5.26 Å². The van der Waals surface area contributed by atoms with Crippen LogP contribution in [0.1, 0.15) is 5.56 Å². The van der Waals surface area contributed by atoms with Crippen LogP contribution in [0.15, 0.2) is 223 Å². The summed E-state index contributed by atoms with van der Waals surface area (Å²) < 4.78 is 6.60. The molecule has 5 nitrogen and oxygen atoms in total. The molecule has 0 radical (unpaired) electrons. The molecule has 0 aliphatic carbocycles. The quantitative estimate of drug-likeness (QED) is 0.153. The van der Waals surface area contributed by atoms with Crippen LogP contribution in [0, 0.1) is 11.3 Å². The third-order valence-electron chi connectivity index (χ3n) is 11.6. The molecule has 2 heterocycles. The third-order valence-corrected chi connectivity index (χ3v) is 11.6. The van der Waals surface area contributed by atoms with Crippen molar-refractivity contribution in [1.29, 1.82) is 5.26 Å². The Kier molecular flexibility index (Phi) is 9.50. The summed E-state index contributed by atoms with van der Waals surface area (Å²) in [5.41, 5.74) is 15.5. The van der Waals surface area contributed by atoms with E-state index in [2.05, 4.69) is 152 Å². The van der Waals surface area contributed by atoms with Gasteiger partial charge in [-0.25, -0.2) is 15.0 Å². The SMILES string of the molecule is N#Cc1ccccc1-c1cccc(-c2nc(-c3ccc(-c4cccc(-c5ccccc5)c4)cc3)nc(-c3ccc4c(c3)oc3cccc(-c5cccc(-c6ccccc6)c5)c34)n2)c1. The second kappa shape index (κ2) is 16.0. The van der Waals surface area contributed by atoms with Gasteiger partial charge in [0, 0.05) is 27.5 Å². The zero-order valence-electron chi connectivity index (χ0n) is 34.0. The van der Waals surface area contributed by atoms with Crippen molar-refractivity contribution in [2.45, 2.75) is 0 Å². The first-order chi connectivity index (χ1) is 31.1. The van der Waals surface area contributed by atoms with Gasteiger partial charge in [-0.05, 0) is 98.1 Å². The van der Waals surface area contributed by atoms with Gasteiger partial charge in [0.2, 0.25) is 0 Å². The molecule has 0 saturated carbocycles. The van der Waals surface area contributed by atoms with Gasteiger partial charge in [0.15, 0.2) is 17.5 Å². The molecular formula is C58H36N4O. The Labute approximate surface area is 364 Å². The highest BCUT2D eigenvalue weighted by molar-refractivity contribution is 6.13. The average Bonchev–Trinajstić information content (AvgIpc) is 3.75. The number of aromatic nitrogens is 3. The summed E-state index contributed by atoms with van der Waals surface area (Å²) in [4.78, 5) is 15.3. The first-order valence-corrected chi connectivity index (χ1v) is 20.9. The van der Waals surface area contributed by atoms with Crippen LogP contribution >= 0.6 is 0 Å². The van der Waals surface area contributed by atoms with Gasteiger partial charge in [0.1, 0.15) is 11.2 Å². The zero-order valence-corrected chi connectivity index (χ0v) is 34.0. The van der Waals surface area contributed by atoms with Gasteiger partial charge in [-0.1, -0.05) is 176 Å². The van der Waals surface area contributed by atoms with Crippen LogP contribution in [-0.4, -0.2) is 15.0 Å². The zero-order chi connectivity index (χ0) is 42.1. The molecule has 0 unspecified atom stereocenters. The number of fused-ring (bicyclic) bond motifs is 3. The Hall–Kier alpha value is -8.72. The molecule has 2 aromatic heterocycles. The van der Waals surface area contributed by atoms with Crippen LogP contribution in [0.5, 0.6) is 0 Å². The van der Waals surface area contributed by atoms with E-state index in [1.54, 1.807) is 0 Å². The van der Waals surface area contributed by atoms with E-state index in [0.717, 1.165) is 77.6 Å². The van der Waals surface area contributed by atoms with Crippen LogP contribution in [0.2, 0.25) is 0 Å². The van der Waals surface area contributed by atoms with Gasteiger partial charge in [0.05, 0.1) is 11.6 Å². The lowest BCUT2D eigenvalue weighted by atomic mass is 9.96. The van der Waals surface area contributed by atoms with Gasteiger partial charge < -0.3 is 4.42 Å². The summed E-state index contributed by atoms with van der Waals surface area (Å²) >= 11 is 0. The highest BCUT2D eigenvalue weighted by Crippen LogP contribution is 2.40. The number of furan rings is 1. The summed E-state index contributed by atoms with van der Waals surface area (Å²) in [7, 11) is 0. The van der Waals surface area contributed by atoms with E-state index in [4.69, 9.17) is 19.4 Å². The van der Waals surface area contributed by atoms with E-state index < -0.39 is 0 Å². The molecular weight excluding hydrogens is 769 g/mol. The van der Waals surface area contributed by atoms with Crippen molar-refractivity contribution < 1.29 is 4.42 Å². The molecule has 0 aliphatic rings. The average molecular weight is 805 g/mol. The fraction of sp³-hybridized carbons (Fsp3) is 0. The van der Waals surface area contributed by atoms with Crippen molar-refractivity contribution in [2.24, 2.45) is 0 Å². The van der Waals surface area contributed by atoms with Crippen LogP contribution in [0.25, 0.3) is 112 Å². The molecule has 0 spiro atoms. The summed E-state index contributed by atoms with van der Waals surface area (Å²) in [6, 6.07) is 77.0. The Morgan fingerprint density at radius 2 is 0.746 bits per heavy atom. The predicted octanol–water partition coefficient (Wildman–Crippen LogP) is 15.0. The minimum absolute atomic E-state index is 0.524. The van der Waals surface area contributed by atoms with Crippen molar-refractivity contribution in [3.05, 3.63) is 224 Å². The van der Waals surface area contributed by atoms with E-state index in [1.807, 2.05) is 72.8 Å². The number of nitrogens with zero attached hydrogens (tertiary/aromatic N) is 4. The van der Waals surface area contributed by atoms with Crippen molar-refractivity contribution in [3.8, 4) is 95.9 Å². The molecule has 0 atom stereocenters. The van der Waals surface area contributed by atoms with E-state index in [1.165, 1.54) is 16.7 Å². The topological polar surface area (TPSA) is 75.6 Å². The van der Waals surface area contributed by atoms with Gasteiger partial charge in [0.25, 0.3) is 0 Å². The molecule has 0 aliphatic heterocycles. The maximum Gasteiger partial charge on any atom is 0.164 e. The van der Waals surface area contributed by atoms with Crippen molar-refractivity contribution in [2.75, 3.05) is 0 Å². The minimum Gasteiger partial charge on any atom is -0.456 e. The number of rotatable bonds is 8. The van der Waals surface area contributed by atoms with Gasteiger partial charge >= 0.3 is 0 Å². The Morgan fingerprint density at radius 1 is 0.317 bits per heavy atom. The number of nitriles is 1. The van der Waals surface area contributed by atoms with E-state index >= 15 is 0 Å². The second-order valence-electron chi connectivity index (χ2n) is 15.5. The van der Waals surface area contributed by atoms with Crippen LogP contribution < -0.4 is 0 Å². The van der Waals surface area contributed by atoms with Crippen LogP contribution in [0.3, 0.4) is 0 Å². The van der Waals surface area contributed by atoms with E-state index in [-0.39, 0.29) is 0 Å². The molecule has 294 valence electrons. The maximum absolute atomic E-state index is 9.91. The van der Waals surface area contributed by atoms with Crippen LogP contribution in [0.4, 0.5) is 0 Å². The molecule has 11 rings (SSSR count). The highest BCUT2D eigenvalue weighted by atomic mass is 16.3. The molecule has 0 fully saturated rings. The number of hydrogen-bond acceptors (Lipinski definition) is 5. The second-order valence-corrected chi connectivity index (χ2v) is 15.5. The molecule has 0 bridgehead atoms. The maximum atomic E-state index is 9.91. The fourth-order valence-electron chi connectivity index (χ4n) is 8.44. The number of hydrogen-bond donors (Lipinski definition) is 0. The molecule has 5 heteroatoms. The first-order valence-electron chi connectivity index (χ1n) is 20.9. The highest BCUT2D eigenvalue weighted by Gasteiger charge is 2.18. The summed E-state index contributed by atoms with van der Waals surface area (Å²) in [6.45, 7) is 0. The third kappa shape index (κ3) is 7.22. The lowest BCUT2D eigenvalue weighted by molar-refractivity contribution is 0.669. The molecule has 63 heavy (non-hydrogen) atoms. The monoisotopic (exact) mass is 804 g/mol. The van der Waals surface area contributed by atoms with Crippen molar-refractivity contribution in [1.82, 2.24) is 15.0 Å². The summed E-state index contributed by atoms with van der Waals surface area (Å²) in [5.74, 6) is 1.60. The molecule has 0 saturated heterocycles. The first kappa shape index (κ1) is 37.3. The summed E-state index contributed by atoms with van der Waals surface area (Å²) in [6.07, 6.45) is 0. The normalized spacial score (nSPS) is 11.2. The Balaban J connectivity index is 1.01. The van der Waals surface area contributed by atoms with Crippen LogP contribution in [-0.2, 0) is 0 Å². The standard InChI is InChI=1S/C58H36N4O/c59-37-49-17-7-8-24-50(49)45-21-11-23-47(35-45)57-60-56(41-29-27-40(28-30-41)43-19-9-18-42(33-43)38-13-3-1-4-14-38)61-58(62-57)48-31-32-52-54(36-48)63-53-26-12-25-51(55(52)53)46-22-10-20-44(34-46)39-15-5-2-6-16-39/h1-36H. The largest absolute Gasteiger partial charge is 0.456 e.